The Bertz CT molecular complexity index is 708. The molecule has 0 aliphatic heterocycles. The summed E-state index contributed by atoms with van der Waals surface area (Å²) in [7, 11) is 0. The first-order valence-corrected chi connectivity index (χ1v) is 20.1. The number of aliphatic hydroxyl groups is 1. The Kier molecular flexibility index (Phi) is 6.69. The van der Waals surface area contributed by atoms with E-state index in [9.17, 15) is 5.11 Å². The second-order valence-corrected chi connectivity index (χ2v) is 34.5. The normalized spacial score (nSPS) is 19.2. The Morgan fingerprint density at radius 3 is 2.64 bits per heavy atom. The number of allylic oxidation sites excluding steroid dienone is 5. The molecule has 1 unspecified atom stereocenters. The molecule has 1 atom stereocenters. The Morgan fingerprint density at radius 2 is 2.00 bits per heavy atom. The molecule has 2 aliphatic rings. The third kappa shape index (κ3) is 3.16. The van der Waals surface area contributed by atoms with Crippen LogP contribution < -0.4 is 0 Å². The molecule has 0 bridgehead atoms. The predicted molar refractivity (Wildman–Crippen MR) is 101 cm³/mol. The topological polar surface area (TPSA) is 20.2 Å². The third-order valence-electron chi connectivity index (χ3n) is 5.25. The molecule has 120 valence electrons. The van der Waals surface area contributed by atoms with Crippen molar-refractivity contribution in [2.45, 2.75) is 18.8 Å². The Hall–Kier alpha value is 0.0800. The van der Waals surface area contributed by atoms with Crippen molar-refractivity contribution in [1.29, 1.82) is 0 Å². The fourth-order valence-electron chi connectivity index (χ4n) is 3.81. The molecule has 1 nitrogen and oxygen atoms in total. The second kappa shape index (κ2) is 7.32. The van der Waals surface area contributed by atoms with Gasteiger partial charge in [-0.25, -0.2) is 0 Å². The molecule has 0 radical (unpaired) electrons. The van der Waals surface area contributed by atoms with Gasteiger partial charge in [-0.3, -0.25) is 0 Å². The van der Waals surface area contributed by atoms with E-state index in [1.165, 1.54) is 11.1 Å². The molecule has 22 heavy (non-hydrogen) atoms. The molecule has 0 amide bonds. The number of fused-ring (bicyclic) bond motifs is 1. The van der Waals surface area contributed by atoms with Gasteiger partial charge >= 0.3 is 124 Å². The maximum absolute atomic E-state index is 9.72. The first-order chi connectivity index (χ1) is 9.55. The molecular formula is C17H24Cl2OSiZr. The van der Waals surface area contributed by atoms with Crippen LogP contribution in [0.15, 0.2) is 51.9 Å². The zero-order chi connectivity index (χ0) is 14.2. The molecule has 0 heterocycles. The van der Waals surface area contributed by atoms with Crippen molar-refractivity contribution in [1.82, 2.24) is 0 Å². The van der Waals surface area contributed by atoms with E-state index in [2.05, 4.69) is 66.2 Å². The van der Waals surface area contributed by atoms with Crippen molar-refractivity contribution in [2.75, 3.05) is 6.61 Å². The zero-order valence-corrected chi connectivity index (χ0v) is 18.4. The van der Waals surface area contributed by atoms with E-state index in [0.29, 0.717) is 10.2 Å². The zero-order valence-electron chi connectivity index (χ0n) is 12.9. The molecule has 1 aromatic rings. The number of hydrogen-bond donors (Lipinski definition) is 1. The van der Waals surface area contributed by atoms with Crippen LogP contribution in [0.2, 0.25) is 8.76 Å². The molecule has 3 rings (SSSR count). The summed E-state index contributed by atoms with van der Waals surface area (Å²) in [5.74, 6) is 0. The van der Waals surface area contributed by atoms with Crippen LogP contribution in [0, 0.1) is 0 Å². The summed E-state index contributed by atoms with van der Waals surface area (Å²) in [6, 6.07) is 8.76. The van der Waals surface area contributed by atoms with Crippen LogP contribution >= 0.6 is 24.8 Å². The monoisotopic (exact) mass is 432 g/mol. The fraction of sp³-hybridized carbons (Fsp3) is 0.294. The maximum atomic E-state index is 9.72. The third-order valence-corrected chi connectivity index (χ3v) is 27.9. The molecule has 0 fully saturated rings. The van der Waals surface area contributed by atoms with E-state index in [1.807, 2.05) is 0 Å². The minimum atomic E-state index is -3.18. The standard InChI is InChI=1S/C9H7.C5H5.C2H5O.CH3.2ClH.H2Si.Zr/c1-2-5-9-7-3-6-8(9)4-1;1-2-4-5-3-1;1-2-3;;;;;/h1-7H;1-3H,4H2;3H,1-2H2;1H3;2*1H;1H2;. The van der Waals surface area contributed by atoms with E-state index < -0.39 is 17.4 Å². The van der Waals surface area contributed by atoms with Crippen molar-refractivity contribution in [3.8, 4) is 0 Å². The van der Waals surface area contributed by atoms with E-state index in [-0.39, 0.29) is 24.8 Å². The summed E-state index contributed by atoms with van der Waals surface area (Å²) in [6.45, 7) is 2.58. The van der Waals surface area contributed by atoms with E-state index in [0.717, 1.165) is 10.5 Å². The number of rotatable bonds is 4. The van der Waals surface area contributed by atoms with Gasteiger partial charge in [0.15, 0.2) is 0 Å². The average Bonchev–Trinajstić information content (AvgIpc) is 3.09. The summed E-state index contributed by atoms with van der Waals surface area (Å²) in [5, 5.41) is 9.72. The summed E-state index contributed by atoms with van der Waals surface area (Å²) in [5.41, 5.74) is 2.85. The van der Waals surface area contributed by atoms with Gasteiger partial charge in [0.05, 0.1) is 0 Å². The van der Waals surface area contributed by atoms with E-state index in [4.69, 9.17) is 0 Å². The molecule has 5 heteroatoms. The summed E-state index contributed by atoms with van der Waals surface area (Å²) >= 11 is -3.18. The van der Waals surface area contributed by atoms with Gasteiger partial charge in [-0.05, 0) is 0 Å². The molecule has 2 aliphatic carbocycles. The second-order valence-electron chi connectivity index (χ2n) is 6.67. The van der Waals surface area contributed by atoms with Gasteiger partial charge in [-0.1, -0.05) is 0 Å². The quantitative estimate of drug-likeness (QED) is 0.707. The van der Waals surface area contributed by atoms with Gasteiger partial charge in [0, 0.05) is 0 Å². The summed E-state index contributed by atoms with van der Waals surface area (Å²) < 4.78 is 5.72. The molecule has 0 saturated carbocycles. The predicted octanol–water partition coefficient (Wildman–Crippen LogP) is 4.14. The van der Waals surface area contributed by atoms with Gasteiger partial charge in [-0.15, -0.1) is 24.8 Å². The van der Waals surface area contributed by atoms with Gasteiger partial charge < -0.3 is 0 Å². The van der Waals surface area contributed by atoms with Crippen LogP contribution in [0.25, 0.3) is 6.08 Å². The molecule has 0 saturated heterocycles. The summed E-state index contributed by atoms with van der Waals surface area (Å²) in [4.78, 5) is 0. The van der Waals surface area contributed by atoms with Crippen molar-refractivity contribution < 1.29 is 22.5 Å². The molecule has 0 aromatic heterocycles. The molecular weight excluding hydrogens is 410 g/mol. The van der Waals surface area contributed by atoms with Crippen molar-refractivity contribution in [3.63, 3.8) is 0 Å². The number of hydrogen-bond acceptors (Lipinski definition) is 1. The SMILES string of the molecule is Cl.Cl.[CH3][Zr](=[SiH2])([CH2]CO)([C]1=CC=CC1)[CH]1C=Cc2ccccc21. The van der Waals surface area contributed by atoms with Crippen LogP contribution in [0.3, 0.4) is 0 Å². The number of benzene rings is 1. The molecule has 0 spiro atoms. The Morgan fingerprint density at radius 1 is 1.27 bits per heavy atom. The average molecular weight is 435 g/mol. The minimum absolute atomic E-state index is 0. The van der Waals surface area contributed by atoms with E-state index >= 15 is 0 Å². The van der Waals surface area contributed by atoms with Gasteiger partial charge in [-0.2, -0.15) is 0 Å². The molecule has 1 aromatic carbocycles. The first-order valence-electron chi connectivity index (χ1n) is 7.35. The van der Waals surface area contributed by atoms with Crippen LogP contribution in [-0.4, -0.2) is 18.6 Å². The van der Waals surface area contributed by atoms with Crippen LogP contribution in [-0.2, 0) is 17.4 Å². The van der Waals surface area contributed by atoms with Gasteiger partial charge in [0.2, 0.25) is 0 Å². The van der Waals surface area contributed by atoms with Crippen molar-refractivity contribution in [3.05, 3.63) is 63.0 Å². The number of aliphatic hydroxyl groups excluding tert-OH is 1. The molecule has 1 N–H and O–H groups in total. The summed E-state index contributed by atoms with van der Waals surface area (Å²) in [6.07, 6.45) is 12.6. The van der Waals surface area contributed by atoms with Crippen LogP contribution in [0.4, 0.5) is 0 Å². The van der Waals surface area contributed by atoms with Crippen LogP contribution in [0.5, 0.6) is 0 Å². The van der Waals surface area contributed by atoms with Crippen molar-refractivity contribution >= 4 is 37.8 Å². The number of halogens is 2. The van der Waals surface area contributed by atoms with Crippen molar-refractivity contribution in [2.24, 2.45) is 0 Å². The Balaban J connectivity index is 0.00000121. The first kappa shape index (κ1) is 20.1. The van der Waals surface area contributed by atoms with Gasteiger partial charge in [0.25, 0.3) is 0 Å². The van der Waals surface area contributed by atoms with E-state index in [1.54, 1.807) is 3.28 Å². The van der Waals surface area contributed by atoms with Gasteiger partial charge in [0.1, 0.15) is 0 Å². The fourth-order valence-corrected chi connectivity index (χ4v) is 20.2. The van der Waals surface area contributed by atoms with Crippen LogP contribution in [0.1, 0.15) is 21.2 Å². The Labute approximate surface area is 147 Å².